The first-order valence-electron chi connectivity index (χ1n) is 11.5. The molecule has 0 aliphatic heterocycles. The van der Waals surface area contributed by atoms with Gasteiger partial charge in [0.25, 0.3) is 5.91 Å². The molecule has 1 saturated carbocycles. The van der Waals surface area contributed by atoms with Gasteiger partial charge in [-0.15, -0.1) is 0 Å². The number of hydrogen-bond donors (Lipinski definition) is 3. The predicted octanol–water partition coefficient (Wildman–Crippen LogP) is 3.75. The maximum Gasteiger partial charge on any atom is 0.326 e. The molecule has 0 unspecified atom stereocenters. The number of rotatable bonds is 7. The number of aliphatic carboxylic acids is 1. The van der Waals surface area contributed by atoms with E-state index in [0.717, 1.165) is 29.9 Å². The topological polar surface area (TPSA) is 126 Å². The van der Waals surface area contributed by atoms with Gasteiger partial charge in [0.15, 0.2) is 5.82 Å². The number of hydrogen-bond acceptors (Lipinski definition) is 5. The van der Waals surface area contributed by atoms with Crippen LogP contribution in [0.3, 0.4) is 0 Å². The lowest BCUT2D eigenvalue weighted by Gasteiger charge is -2.25. The van der Waals surface area contributed by atoms with Crippen LogP contribution in [0.4, 0.5) is 0 Å². The third-order valence-electron chi connectivity index (χ3n) is 6.37. The zero-order chi connectivity index (χ0) is 23.5. The van der Waals surface area contributed by atoms with Crippen LogP contribution in [-0.2, 0) is 11.2 Å². The van der Waals surface area contributed by atoms with Crippen molar-refractivity contribution in [3.8, 4) is 11.5 Å². The number of fused-ring (bicyclic) bond motifs is 1. The van der Waals surface area contributed by atoms with E-state index in [1.165, 1.54) is 25.6 Å². The number of benzene rings is 1. The molecule has 0 bridgehead atoms. The summed E-state index contributed by atoms with van der Waals surface area (Å²) in [7, 11) is 0. The number of carboxylic acids is 1. The standard InChI is InChI=1S/C25H26N6O3/c32-24(30-21(25(33)34)13-17-14-26-15-28-17)16-9-10-22-20(12-16)29-23(19-8-4-5-11-27-19)31(22)18-6-2-1-3-7-18/h4-5,8-12,14-15,18,21H,1-3,6-7,13H2,(H,26,28)(H,30,32)(H,33,34)/t21-/m0/s1. The van der Waals surface area contributed by atoms with E-state index in [9.17, 15) is 14.7 Å². The Hall–Kier alpha value is -4.01. The van der Waals surface area contributed by atoms with Crippen LogP contribution in [-0.4, -0.2) is 47.5 Å². The van der Waals surface area contributed by atoms with Crippen molar-refractivity contribution in [2.24, 2.45) is 0 Å². The third kappa shape index (κ3) is 4.41. The van der Waals surface area contributed by atoms with Gasteiger partial charge >= 0.3 is 5.97 Å². The molecule has 3 N–H and O–H groups in total. The zero-order valence-electron chi connectivity index (χ0n) is 18.6. The van der Waals surface area contributed by atoms with Crippen LogP contribution in [0.2, 0.25) is 0 Å². The second kappa shape index (κ2) is 9.46. The van der Waals surface area contributed by atoms with Gasteiger partial charge in [-0.05, 0) is 43.2 Å². The maximum absolute atomic E-state index is 12.9. The van der Waals surface area contributed by atoms with E-state index in [-0.39, 0.29) is 6.42 Å². The second-order valence-corrected chi connectivity index (χ2v) is 8.66. The summed E-state index contributed by atoms with van der Waals surface area (Å²) in [4.78, 5) is 40.8. The lowest BCUT2D eigenvalue weighted by atomic mass is 9.95. The van der Waals surface area contributed by atoms with Gasteiger partial charge in [0.2, 0.25) is 0 Å². The van der Waals surface area contributed by atoms with E-state index in [1.54, 1.807) is 24.5 Å². The zero-order valence-corrected chi connectivity index (χ0v) is 18.6. The predicted molar refractivity (Wildman–Crippen MR) is 126 cm³/mol. The van der Waals surface area contributed by atoms with Gasteiger partial charge in [0.05, 0.1) is 17.4 Å². The average Bonchev–Trinajstić information content (AvgIpc) is 3.52. The molecule has 0 saturated heterocycles. The Morgan fingerprint density at radius 2 is 2.03 bits per heavy atom. The molecule has 3 heterocycles. The van der Waals surface area contributed by atoms with E-state index < -0.39 is 17.9 Å². The summed E-state index contributed by atoms with van der Waals surface area (Å²) in [5.41, 5.74) is 3.44. The Balaban J connectivity index is 1.48. The van der Waals surface area contributed by atoms with Crippen LogP contribution in [0, 0.1) is 0 Å². The molecule has 34 heavy (non-hydrogen) atoms. The molecule has 1 aliphatic rings. The number of pyridine rings is 1. The molecular weight excluding hydrogens is 432 g/mol. The van der Waals surface area contributed by atoms with Crippen molar-refractivity contribution in [1.82, 2.24) is 29.8 Å². The Kier molecular flexibility index (Phi) is 6.07. The van der Waals surface area contributed by atoms with Crippen LogP contribution in [0.5, 0.6) is 0 Å². The fourth-order valence-corrected chi connectivity index (χ4v) is 4.68. The number of nitrogens with zero attached hydrogens (tertiary/aromatic N) is 4. The van der Waals surface area contributed by atoms with E-state index in [2.05, 4.69) is 24.8 Å². The molecule has 5 rings (SSSR count). The van der Waals surface area contributed by atoms with Crippen molar-refractivity contribution >= 4 is 22.9 Å². The fourth-order valence-electron chi connectivity index (χ4n) is 4.68. The average molecular weight is 459 g/mol. The summed E-state index contributed by atoms with van der Waals surface area (Å²) < 4.78 is 2.26. The van der Waals surface area contributed by atoms with Crippen molar-refractivity contribution in [3.63, 3.8) is 0 Å². The summed E-state index contributed by atoms with van der Waals surface area (Å²) >= 11 is 0. The number of carboxylic acid groups (broad SMARTS) is 1. The van der Waals surface area contributed by atoms with Gasteiger partial charge in [0.1, 0.15) is 11.7 Å². The molecule has 9 heteroatoms. The van der Waals surface area contributed by atoms with Crippen molar-refractivity contribution in [2.45, 2.75) is 50.6 Å². The Labute approximate surface area is 196 Å². The number of imidazole rings is 2. The minimum Gasteiger partial charge on any atom is -0.480 e. The second-order valence-electron chi connectivity index (χ2n) is 8.66. The first kappa shape index (κ1) is 21.8. The monoisotopic (exact) mass is 458 g/mol. The normalized spacial score (nSPS) is 15.3. The van der Waals surface area contributed by atoms with E-state index in [1.807, 2.05) is 24.3 Å². The summed E-state index contributed by atoms with van der Waals surface area (Å²) in [6.07, 6.45) is 10.7. The Morgan fingerprint density at radius 3 is 2.74 bits per heavy atom. The Bertz CT molecular complexity index is 1290. The van der Waals surface area contributed by atoms with Crippen molar-refractivity contribution in [3.05, 3.63) is 66.4 Å². The molecule has 3 aromatic heterocycles. The smallest absolute Gasteiger partial charge is 0.326 e. The number of H-pyrrole nitrogens is 1. The van der Waals surface area contributed by atoms with Crippen LogP contribution in [0.25, 0.3) is 22.6 Å². The van der Waals surface area contributed by atoms with Crippen LogP contribution < -0.4 is 5.32 Å². The van der Waals surface area contributed by atoms with Gasteiger partial charge in [-0.1, -0.05) is 25.3 Å². The van der Waals surface area contributed by atoms with Gasteiger partial charge < -0.3 is 20.0 Å². The third-order valence-corrected chi connectivity index (χ3v) is 6.37. The van der Waals surface area contributed by atoms with Gasteiger partial charge in [-0.3, -0.25) is 9.78 Å². The van der Waals surface area contributed by atoms with E-state index >= 15 is 0 Å². The molecule has 1 aromatic carbocycles. The quantitative estimate of drug-likeness (QED) is 0.387. The van der Waals surface area contributed by atoms with Crippen LogP contribution in [0.15, 0.2) is 55.1 Å². The van der Waals surface area contributed by atoms with Crippen LogP contribution in [0.1, 0.15) is 54.2 Å². The highest BCUT2D eigenvalue weighted by atomic mass is 16.4. The molecular formula is C25H26N6O3. The number of amides is 1. The molecule has 0 radical (unpaired) electrons. The lowest BCUT2D eigenvalue weighted by molar-refractivity contribution is -0.139. The fraction of sp³-hybridized carbons (Fsp3) is 0.320. The number of carbonyl (C=O) groups is 2. The summed E-state index contributed by atoms with van der Waals surface area (Å²) in [5.74, 6) is -0.772. The summed E-state index contributed by atoms with van der Waals surface area (Å²) in [5, 5.41) is 12.2. The highest BCUT2D eigenvalue weighted by molar-refractivity contribution is 5.99. The molecule has 1 aliphatic carbocycles. The summed E-state index contributed by atoms with van der Waals surface area (Å²) in [6, 6.07) is 10.4. The van der Waals surface area contributed by atoms with Gasteiger partial charge in [-0.2, -0.15) is 0 Å². The largest absolute Gasteiger partial charge is 0.480 e. The molecule has 174 valence electrons. The van der Waals surface area contributed by atoms with Crippen molar-refractivity contribution < 1.29 is 14.7 Å². The molecule has 1 fully saturated rings. The van der Waals surface area contributed by atoms with Gasteiger partial charge in [-0.25, -0.2) is 14.8 Å². The minimum absolute atomic E-state index is 0.115. The number of nitrogens with one attached hydrogen (secondary N) is 2. The molecule has 9 nitrogen and oxygen atoms in total. The minimum atomic E-state index is -1.11. The molecule has 1 atom stereocenters. The molecule has 0 spiro atoms. The molecule has 1 amide bonds. The van der Waals surface area contributed by atoms with Crippen molar-refractivity contribution in [2.75, 3.05) is 0 Å². The molecule has 4 aromatic rings. The highest BCUT2D eigenvalue weighted by Gasteiger charge is 2.25. The lowest BCUT2D eigenvalue weighted by Crippen LogP contribution is -2.42. The first-order valence-corrected chi connectivity index (χ1v) is 11.5. The number of carbonyl (C=O) groups excluding carboxylic acids is 1. The van der Waals surface area contributed by atoms with Crippen molar-refractivity contribution in [1.29, 1.82) is 0 Å². The van der Waals surface area contributed by atoms with E-state index in [4.69, 9.17) is 4.98 Å². The SMILES string of the molecule is O=C(N[C@@H](Cc1cnc[nH]1)C(=O)O)c1ccc2c(c1)nc(-c1ccccn1)n2C1CCCCC1. The summed E-state index contributed by atoms with van der Waals surface area (Å²) in [6.45, 7) is 0. The number of aromatic amines is 1. The van der Waals surface area contributed by atoms with Gasteiger partial charge in [0, 0.05) is 36.1 Å². The van der Waals surface area contributed by atoms with Crippen LogP contribution >= 0.6 is 0 Å². The Morgan fingerprint density at radius 1 is 1.18 bits per heavy atom. The highest BCUT2D eigenvalue weighted by Crippen LogP contribution is 2.35. The maximum atomic E-state index is 12.9. The number of aromatic nitrogens is 5. The van der Waals surface area contributed by atoms with E-state index in [0.29, 0.717) is 22.8 Å². The first-order chi connectivity index (χ1) is 16.6.